The molecule has 0 saturated carbocycles. The van der Waals surface area contributed by atoms with Crippen LogP contribution in [-0.2, 0) is 6.54 Å². The van der Waals surface area contributed by atoms with E-state index in [1.807, 2.05) is 6.92 Å². The molecule has 0 aliphatic carbocycles. The molecule has 0 amide bonds. The van der Waals surface area contributed by atoms with Crippen LogP contribution in [0.15, 0.2) is 41.7 Å². The Labute approximate surface area is 166 Å². The number of guanidine groups is 1. The first kappa shape index (κ1) is 22.1. The van der Waals surface area contributed by atoms with Gasteiger partial charge in [-0.1, -0.05) is 6.07 Å². The lowest BCUT2D eigenvalue weighted by Crippen LogP contribution is -2.41. The maximum Gasteiger partial charge on any atom is 0.319 e. The lowest BCUT2D eigenvalue weighted by molar-refractivity contribution is 0.0668. The summed E-state index contributed by atoms with van der Waals surface area (Å²) in [5.41, 5.74) is 0. The van der Waals surface area contributed by atoms with E-state index in [2.05, 4.69) is 20.6 Å². The fourth-order valence-corrected chi connectivity index (χ4v) is 2.10. The first-order chi connectivity index (χ1) is 12.0. The molecule has 1 aromatic carbocycles. The van der Waals surface area contributed by atoms with Crippen molar-refractivity contribution in [2.75, 3.05) is 13.6 Å². The van der Waals surface area contributed by atoms with Crippen LogP contribution in [0.25, 0.3) is 0 Å². The van der Waals surface area contributed by atoms with Gasteiger partial charge in [0.2, 0.25) is 0 Å². The largest absolute Gasteiger partial charge is 0.489 e. The summed E-state index contributed by atoms with van der Waals surface area (Å²) in [7, 11) is 1.56. The number of alkyl halides is 2. The number of nitrogens with zero attached hydrogens (tertiary/aromatic N) is 3. The van der Waals surface area contributed by atoms with Crippen molar-refractivity contribution in [3.05, 3.63) is 48.3 Å². The highest BCUT2D eigenvalue weighted by atomic mass is 127. The van der Waals surface area contributed by atoms with Crippen molar-refractivity contribution in [3.63, 3.8) is 0 Å². The van der Waals surface area contributed by atoms with Crippen molar-refractivity contribution in [3.8, 4) is 5.75 Å². The summed E-state index contributed by atoms with van der Waals surface area (Å²) >= 11 is 0. The van der Waals surface area contributed by atoms with Gasteiger partial charge in [-0.05, 0) is 19.1 Å². The number of hydrogen-bond donors (Lipinski definition) is 2. The van der Waals surface area contributed by atoms with E-state index < -0.39 is 6.55 Å². The second kappa shape index (κ2) is 10.9. The van der Waals surface area contributed by atoms with Gasteiger partial charge in [0, 0.05) is 25.5 Å². The number of nitrogens with one attached hydrogen (secondary N) is 2. The Balaban J connectivity index is 0.00000338. The number of rotatable bonds is 7. The molecule has 0 radical (unpaired) electrons. The standard InChI is InChI=1S/C16H20F3N5O.HI/c1-11(25-13-5-3-4-12(17)8-13)9-22-16(20-2)23-10-14-21-6-7-24(14)15(18)19;/h3-8,11,15H,9-10H2,1-2H3,(H2,20,22,23);1H. The third kappa shape index (κ3) is 6.73. The number of aromatic nitrogens is 2. The smallest absolute Gasteiger partial charge is 0.319 e. The topological polar surface area (TPSA) is 63.5 Å². The zero-order valence-electron chi connectivity index (χ0n) is 14.3. The Hall–Kier alpha value is -1.98. The van der Waals surface area contributed by atoms with Gasteiger partial charge in [0.15, 0.2) is 5.96 Å². The van der Waals surface area contributed by atoms with Crippen LogP contribution in [-0.4, -0.2) is 35.2 Å². The maximum absolute atomic E-state index is 13.1. The number of ether oxygens (including phenoxy) is 1. The maximum atomic E-state index is 13.1. The molecule has 2 aromatic rings. The molecule has 0 bridgehead atoms. The minimum atomic E-state index is -2.64. The summed E-state index contributed by atoms with van der Waals surface area (Å²) in [6, 6.07) is 5.87. The van der Waals surface area contributed by atoms with Gasteiger partial charge in [-0.15, -0.1) is 24.0 Å². The highest BCUT2D eigenvalue weighted by Crippen LogP contribution is 2.13. The third-order valence-electron chi connectivity index (χ3n) is 3.29. The normalized spacial score (nSPS) is 12.5. The van der Waals surface area contributed by atoms with Crippen molar-refractivity contribution >= 4 is 29.9 Å². The second-order valence-corrected chi connectivity index (χ2v) is 5.22. The summed E-state index contributed by atoms with van der Waals surface area (Å²) in [5.74, 6) is 0.668. The van der Waals surface area contributed by atoms with Crippen molar-refractivity contribution in [1.82, 2.24) is 20.2 Å². The van der Waals surface area contributed by atoms with Gasteiger partial charge < -0.3 is 15.4 Å². The molecule has 1 atom stereocenters. The molecule has 10 heteroatoms. The zero-order valence-corrected chi connectivity index (χ0v) is 16.7. The molecule has 0 fully saturated rings. The number of benzene rings is 1. The Morgan fingerprint density at radius 1 is 1.35 bits per heavy atom. The fraction of sp³-hybridized carbons (Fsp3) is 0.375. The van der Waals surface area contributed by atoms with Crippen LogP contribution in [0.2, 0.25) is 0 Å². The minimum absolute atomic E-state index is 0. The summed E-state index contributed by atoms with van der Waals surface area (Å²) in [4.78, 5) is 7.89. The molecular weight excluding hydrogens is 462 g/mol. The number of hydrogen-bond acceptors (Lipinski definition) is 3. The SMILES string of the molecule is CN=C(NCc1nccn1C(F)F)NCC(C)Oc1cccc(F)c1.I. The predicted octanol–water partition coefficient (Wildman–Crippen LogP) is 3.17. The molecule has 1 heterocycles. The molecule has 2 N–H and O–H groups in total. The molecule has 1 unspecified atom stereocenters. The molecule has 26 heavy (non-hydrogen) atoms. The Morgan fingerprint density at radius 3 is 2.77 bits per heavy atom. The number of imidazole rings is 1. The van der Waals surface area contributed by atoms with E-state index in [0.29, 0.717) is 18.3 Å². The van der Waals surface area contributed by atoms with E-state index in [9.17, 15) is 13.2 Å². The number of aliphatic imine (C=N–C) groups is 1. The van der Waals surface area contributed by atoms with Gasteiger partial charge in [0.1, 0.15) is 23.5 Å². The molecule has 6 nitrogen and oxygen atoms in total. The van der Waals surface area contributed by atoms with E-state index in [1.165, 1.54) is 24.5 Å². The summed E-state index contributed by atoms with van der Waals surface area (Å²) < 4.78 is 45.0. The van der Waals surface area contributed by atoms with Crippen LogP contribution in [0, 0.1) is 5.82 Å². The van der Waals surface area contributed by atoms with E-state index in [4.69, 9.17) is 4.74 Å². The predicted molar refractivity (Wildman–Crippen MR) is 104 cm³/mol. The zero-order chi connectivity index (χ0) is 18.2. The monoisotopic (exact) mass is 483 g/mol. The van der Waals surface area contributed by atoms with Crippen molar-refractivity contribution < 1.29 is 17.9 Å². The van der Waals surface area contributed by atoms with Gasteiger partial charge in [0.05, 0.1) is 13.1 Å². The molecule has 144 valence electrons. The molecule has 0 aliphatic heterocycles. The van der Waals surface area contributed by atoms with Crippen molar-refractivity contribution in [2.24, 2.45) is 4.99 Å². The van der Waals surface area contributed by atoms with E-state index in [1.54, 1.807) is 19.2 Å². The highest BCUT2D eigenvalue weighted by Gasteiger charge is 2.12. The van der Waals surface area contributed by atoms with Crippen LogP contribution in [0.3, 0.4) is 0 Å². The van der Waals surface area contributed by atoms with E-state index in [-0.39, 0.29) is 48.3 Å². The Morgan fingerprint density at radius 2 is 2.12 bits per heavy atom. The van der Waals surface area contributed by atoms with Crippen molar-refractivity contribution in [1.29, 1.82) is 0 Å². The van der Waals surface area contributed by atoms with Crippen LogP contribution >= 0.6 is 24.0 Å². The van der Waals surface area contributed by atoms with Crippen LogP contribution in [0.4, 0.5) is 13.2 Å². The molecule has 0 spiro atoms. The summed E-state index contributed by atoms with van der Waals surface area (Å²) in [5, 5.41) is 5.91. The van der Waals surface area contributed by atoms with Crippen LogP contribution in [0.1, 0.15) is 19.3 Å². The minimum Gasteiger partial charge on any atom is -0.489 e. The van der Waals surface area contributed by atoms with E-state index in [0.717, 1.165) is 4.57 Å². The van der Waals surface area contributed by atoms with Gasteiger partial charge >= 0.3 is 6.55 Å². The lowest BCUT2D eigenvalue weighted by atomic mass is 10.3. The van der Waals surface area contributed by atoms with Gasteiger partial charge in [-0.25, -0.2) is 9.37 Å². The van der Waals surface area contributed by atoms with Gasteiger partial charge in [-0.2, -0.15) is 8.78 Å². The summed E-state index contributed by atoms with van der Waals surface area (Å²) in [6.07, 6.45) is 2.27. The summed E-state index contributed by atoms with van der Waals surface area (Å²) in [6.45, 7) is -0.349. The van der Waals surface area contributed by atoms with E-state index >= 15 is 0 Å². The van der Waals surface area contributed by atoms with Crippen LogP contribution < -0.4 is 15.4 Å². The Kier molecular flexibility index (Phi) is 9.24. The molecular formula is C16H21F3IN5O. The highest BCUT2D eigenvalue weighted by molar-refractivity contribution is 14.0. The first-order valence-corrected chi connectivity index (χ1v) is 7.66. The second-order valence-electron chi connectivity index (χ2n) is 5.22. The van der Waals surface area contributed by atoms with Gasteiger partial charge in [0.25, 0.3) is 0 Å². The average Bonchev–Trinajstić information content (AvgIpc) is 3.04. The quantitative estimate of drug-likeness (QED) is 0.361. The Bertz CT molecular complexity index is 711. The lowest BCUT2D eigenvalue weighted by Gasteiger charge is -2.18. The third-order valence-corrected chi connectivity index (χ3v) is 3.29. The fourth-order valence-electron chi connectivity index (χ4n) is 2.10. The van der Waals surface area contributed by atoms with Crippen LogP contribution in [0.5, 0.6) is 5.75 Å². The van der Waals surface area contributed by atoms with Gasteiger partial charge in [-0.3, -0.25) is 9.56 Å². The molecule has 2 rings (SSSR count). The van der Waals surface area contributed by atoms with Crippen molar-refractivity contribution in [2.45, 2.75) is 26.1 Å². The average molecular weight is 483 g/mol. The molecule has 0 saturated heterocycles. The first-order valence-electron chi connectivity index (χ1n) is 7.66. The molecule has 0 aliphatic rings. The molecule has 1 aromatic heterocycles. The number of halogens is 4.